The van der Waals surface area contributed by atoms with Crippen LogP contribution in [0, 0.1) is 17.6 Å². The molecular weight excluding hydrogens is 857 g/mol. The first-order chi connectivity index (χ1) is 30.0. The first-order valence-corrected chi connectivity index (χ1v) is 21.5. The van der Waals surface area contributed by atoms with Crippen molar-refractivity contribution in [1.29, 1.82) is 0 Å². The van der Waals surface area contributed by atoms with Crippen LogP contribution in [0.15, 0.2) is 91.0 Å². The first kappa shape index (κ1) is 46.3. The van der Waals surface area contributed by atoms with Gasteiger partial charge in [0.2, 0.25) is 5.91 Å². The lowest BCUT2D eigenvalue weighted by molar-refractivity contribution is -0.341. The van der Waals surface area contributed by atoms with E-state index in [0.29, 0.717) is 27.9 Å². The molecule has 0 aromatic heterocycles. The molecule has 9 N–H and O–H groups in total. The maximum Gasteiger partial charge on any atom is 0.311 e. The lowest BCUT2D eigenvalue weighted by atomic mass is 9.77. The minimum Gasteiger partial charge on any atom is -0.508 e. The summed E-state index contributed by atoms with van der Waals surface area (Å²) in [6.45, 7) is -1.64. The van der Waals surface area contributed by atoms with E-state index in [9.17, 15) is 68.0 Å². The van der Waals surface area contributed by atoms with Crippen molar-refractivity contribution in [2.24, 2.45) is 5.92 Å². The molecule has 3 saturated heterocycles. The van der Waals surface area contributed by atoms with Gasteiger partial charge in [-0.25, -0.2) is 8.78 Å². The Kier molecular flexibility index (Phi) is 14.1. The van der Waals surface area contributed by atoms with E-state index >= 15 is 0 Å². The largest absolute Gasteiger partial charge is 0.508 e. The molecule has 0 radical (unpaired) electrons. The van der Waals surface area contributed by atoms with Crippen LogP contribution in [0.1, 0.15) is 36.1 Å². The number of hydrogen-bond acceptors (Lipinski definition) is 16. The molecule has 0 bridgehead atoms. The molecule has 4 aromatic rings. The Labute approximate surface area is 359 Å². The van der Waals surface area contributed by atoms with Crippen LogP contribution in [-0.4, -0.2) is 140 Å². The molecule has 7 rings (SSSR count). The number of halogens is 2. The number of aliphatic hydroxyl groups is 8. The Bertz CT molecular complexity index is 2300. The molecule has 3 fully saturated rings. The van der Waals surface area contributed by atoms with E-state index in [1.54, 1.807) is 12.1 Å². The van der Waals surface area contributed by atoms with Gasteiger partial charge in [0.05, 0.1) is 31.3 Å². The van der Waals surface area contributed by atoms with E-state index in [0.717, 1.165) is 0 Å². The molecule has 0 saturated carbocycles. The number of anilines is 1. The number of ether oxygens (including phenoxy) is 3. The number of nitrogens with zero attached hydrogens (tertiary/aromatic N) is 1. The topological polar surface area (TPSA) is 273 Å². The number of rotatable bonds is 15. The minimum absolute atomic E-state index is 0.151. The summed E-state index contributed by atoms with van der Waals surface area (Å²) >= 11 is 0. The van der Waals surface area contributed by atoms with E-state index in [4.69, 9.17) is 18.4 Å². The summed E-state index contributed by atoms with van der Waals surface area (Å²) in [6, 6.07) is 20.4. The number of carbonyl (C=O) groups excluding carboxylic acids is 1. The number of aliphatic hydroxyl groups excluding tert-OH is 8. The minimum atomic E-state index is -4.56. The monoisotopic (exact) mass is 903 g/mol. The Morgan fingerprint density at radius 2 is 1.32 bits per heavy atom. The van der Waals surface area contributed by atoms with E-state index in [2.05, 4.69) is 0 Å². The van der Waals surface area contributed by atoms with Gasteiger partial charge in [0, 0.05) is 11.3 Å². The van der Waals surface area contributed by atoms with E-state index in [1.807, 2.05) is 0 Å². The van der Waals surface area contributed by atoms with Crippen LogP contribution in [0.3, 0.4) is 0 Å². The highest BCUT2D eigenvalue weighted by atomic mass is 32.2. The van der Waals surface area contributed by atoms with Crippen LogP contribution in [0.5, 0.6) is 11.5 Å². The Morgan fingerprint density at radius 1 is 0.714 bits per heavy atom. The number of amides is 1. The Morgan fingerprint density at radius 3 is 1.94 bits per heavy atom. The SMILES string of the molecule is O=C1[C@H](CCC(O)c2ccc(F)cc2)C(c2ccc(-c3ccc(OS(=O)(=O)CC4OC(CO)C(OC5OC(CO)C(O)C(O)C5O)C(O)C4O)cc3)cc2O)N1c1ccc(F)cc1. The molecular formula is C43H47F2NO16S. The van der Waals surface area contributed by atoms with Gasteiger partial charge in [0.15, 0.2) is 6.29 Å². The van der Waals surface area contributed by atoms with Crippen molar-refractivity contribution in [3.63, 3.8) is 0 Å². The van der Waals surface area contributed by atoms with E-state index in [-0.39, 0.29) is 30.2 Å². The highest BCUT2D eigenvalue weighted by Crippen LogP contribution is 2.49. The summed E-state index contributed by atoms with van der Waals surface area (Å²) in [5.41, 5.74) is 2.27. The number of phenols is 1. The van der Waals surface area contributed by atoms with Crippen molar-refractivity contribution >= 4 is 21.7 Å². The predicted octanol–water partition coefficient (Wildman–Crippen LogP) is 0.931. The summed E-state index contributed by atoms with van der Waals surface area (Å²) in [6.07, 6.45) is -17.8. The Balaban J connectivity index is 1.01. The van der Waals surface area contributed by atoms with Crippen LogP contribution in [0.25, 0.3) is 11.1 Å². The number of benzene rings is 4. The normalized spacial score (nSPS) is 30.4. The van der Waals surface area contributed by atoms with Gasteiger partial charge < -0.3 is 69.3 Å². The van der Waals surface area contributed by atoms with Crippen LogP contribution >= 0.6 is 0 Å². The first-order valence-electron chi connectivity index (χ1n) is 20.0. The van der Waals surface area contributed by atoms with E-state index < -0.39 is 120 Å². The maximum atomic E-state index is 13.8. The van der Waals surface area contributed by atoms with Crippen LogP contribution < -0.4 is 9.08 Å². The second-order valence-corrected chi connectivity index (χ2v) is 17.3. The zero-order valence-corrected chi connectivity index (χ0v) is 34.0. The Hall–Kier alpha value is -4.68. The molecule has 0 aliphatic carbocycles. The van der Waals surface area contributed by atoms with Gasteiger partial charge >= 0.3 is 10.1 Å². The molecule has 20 heteroatoms. The summed E-state index contributed by atoms with van der Waals surface area (Å²) in [7, 11) is -4.56. The lowest BCUT2D eigenvalue weighted by Crippen LogP contribution is -2.65. The molecule has 340 valence electrons. The van der Waals surface area contributed by atoms with Crippen molar-refractivity contribution in [2.45, 2.75) is 86.2 Å². The smallest absolute Gasteiger partial charge is 0.311 e. The number of phenolic OH excluding ortho intramolecular Hbond substituents is 1. The fourth-order valence-electron chi connectivity index (χ4n) is 8.13. The zero-order valence-electron chi connectivity index (χ0n) is 33.2. The van der Waals surface area contributed by atoms with Gasteiger partial charge in [-0.05, 0) is 84.1 Å². The average Bonchev–Trinajstić information content (AvgIpc) is 3.26. The average molecular weight is 904 g/mol. The van der Waals surface area contributed by atoms with Gasteiger partial charge in [0.1, 0.15) is 83.8 Å². The molecule has 3 heterocycles. The molecule has 63 heavy (non-hydrogen) atoms. The third kappa shape index (κ3) is 9.87. The number of aromatic hydroxyl groups is 1. The molecule has 4 aromatic carbocycles. The fraction of sp³-hybridized carbons (Fsp3) is 0.419. The predicted molar refractivity (Wildman–Crippen MR) is 215 cm³/mol. The van der Waals surface area contributed by atoms with Crippen LogP contribution in [0.2, 0.25) is 0 Å². The van der Waals surface area contributed by atoms with Crippen LogP contribution in [-0.2, 0) is 29.1 Å². The van der Waals surface area contributed by atoms with Gasteiger partial charge in [-0.1, -0.05) is 36.4 Å². The number of β-lactam (4-membered cyclic amide) rings is 1. The molecule has 1 amide bonds. The molecule has 0 spiro atoms. The van der Waals surface area contributed by atoms with Crippen molar-refractivity contribution in [3.8, 4) is 22.6 Å². The number of hydrogen-bond donors (Lipinski definition) is 9. The second-order valence-electron chi connectivity index (χ2n) is 15.7. The highest BCUT2D eigenvalue weighted by molar-refractivity contribution is 7.87. The van der Waals surface area contributed by atoms with Gasteiger partial charge in [-0.3, -0.25) is 4.79 Å². The van der Waals surface area contributed by atoms with Crippen molar-refractivity contribution < 1.29 is 86.3 Å². The molecule has 3 aliphatic heterocycles. The van der Waals surface area contributed by atoms with Crippen molar-refractivity contribution in [2.75, 3.05) is 23.9 Å². The van der Waals surface area contributed by atoms with Crippen LogP contribution in [0.4, 0.5) is 14.5 Å². The van der Waals surface area contributed by atoms with Gasteiger partial charge in [-0.15, -0.1) is 0 Å². The maximum absolute atomic E-state index is 13.8. The van der Waals surface area contributed by atoms with Crippen molar-refractivity contribution in [1.82, 2.24) is 0 Å². The summed E-state index contributed by atoms with van der Waals surface area (Å²) in [5.74, 6) is -3.28. The fourth-order valence-corrected chi connectivity index (χ4v) is 9.28. The molecule has 13 atom stereocenters. The second kappa shape index (κ2) is 19.2. The molecule has 12 unspecified atom stereocenters. The van der Waals surface area contributed by atoms with E-state index in [1.165, 1.54) is 83.8 Å². The molecule has 17 nitrogen and oxygen atoms in total. The summed E-state index contributed by atoms with van der Waals surface area (Å²) in [4.78, 5) is 15.0. The summed E-state index contributed by atoms with van der Waals surface area (Å²) < 4.78 is 75.2. The molecule has 3 aliphatic rings. The van der Waals surface area contributed by atoms with Gasteiger partial charge in [-0.2, -0.15) is 8.42 Å². The quantitative estimate of drug-likeness (QED) is 0.0593. The lowest BCUT2D eigenvalue weighted by Gasteiger charge is -2.48. The van der Waals surface area contributed by atoms with Gasteiger partial charge in [0.25, 0.3) is 0 Å². The third-order valence-corrected chi connectivity index (χ3v) is 12.7. The number of carbonyl (C=O) groups is 1. The summed E-state index contributed by atoms with van der Waals surface area (Å²) in [5, 5.41) is 93.8. The van der Waals surface area contributed by atoms with Crippen molar-refractivity contribution in [3.05, 3.63) is 114 Å². The standard InChI is InChI=1S/C43H47F2NO16S/c44-24-6-1-22(2-7-24)30(49)16-15-29-35(46(42(29)56)26-10-8-25(45)9-11-26)28-14-5-23(17-31(28)50)21-3-12-27(13-4-21)62-63(57,58)20-34-37(52)39(54)41(33(19-48)59-34)61-43-40(55)38(53)36(51)32(18-47)60-43/h1-14,17,29-30,32-41,43,47-55H,15-16,18-20H2/t29-,30?,32?,33?,34?,35?,36?,37?,38?,39?,40?,41?,43?/m1/s1. The highest BCUT2D eigenvalue weighted by Gasteiger charge is 2.52. The zero-order chi connectivity index (χ0) is 45.3. The third-order valence-electron chi connectivity index (χ3n) is 11.6.